The quantitative estimate of drug-likeness (QED) is 0.174. The number of nitrogens with zero attached hydrogens (tertiary/aromatic N) is 2. The van der Waals surface area contributed by atoms with Gasteiger partial charge in [0.05, 0.1) is 11.4 Å². The van der Waals surface area contributed by atoms with Crippen LogP contribution in [-0.2, 0) is 5.41 Å². The largest absolute Gasteiger partial charge is 0.449 e. The lowest BCUT2D eigenvalue weighted by molar-refractivity contribution is 0.361. The Balaban J connectivity index is 0.000000451. The second kappa shape index (κ2) is 17.8. The number of pyridine rings is 2. The third-order valence-electron chi connectivity index (χ3n) is 11.6. The molecular weight excluding hydrogens is 769 g/mol. The van der Waals surface area contributed by atoms with Gasteiger partial charge < -0.3 is 9.47 Å². The van der Waals surface area contributed by atoms with Gasteiger partial charge in [-0.1, -0.05) is 186 Å². The normalized spacial score (nSPS) is 12.3. The van der Waals surface area contributed by atoms with E-state index in [9.17, 15) is 0 Å². The van der Waals surface area contributed by atoms with Crippen LogP contribution in [0, 0.1) is 6.92 Å². The van der Waals surface area contributed by atoms with Gasteiger partial charge in [0.1, 0.15) is 0 Å². The van der Waals surface area contributed by atoms with Crippen LogP contribution in [0.25, 0.3) is 67.0 Å². The van der Waals surface area contributed by atoms with Crippen LogP contribution in [-0.4, -0.2) is 9.97 Å². The summed E-state index contributed by atoms with van der Waals surface area (Å²) in [6.45, 7) is 10.8. The van der Waals surface area contributed by atoms with E-state index in [-0.39, 0.29) is 5.41 Å². The Morgan fingerprint density at radius 3 is 1.67 bits per heavy atom. The van der Waals surface area contributed by atoms with E-state index in [1.807, 2.05) is 43.3 Å². The summed E-state index contributed by atoms with van der Waals surface area (Å²) in [7, 11) is 0. The molecule has 308 valence electrons. The fourth-order valence-corrected chi connectivity index (χ4v) is 8.56. The van der Waals surface area contributed by atoms with Gasteiger partial charge in [-0.05, 0) is 93.9 Å². The van der Waals surface area contributed by atoms with Crippen LogP contribution in [0.15, 0.2) is 200 Å². The maximum absolute atomic E-state index is 6.97. The van der Waals surface area contributed by atoms with Crippen LogP contribution in [0.1, 0.15) is 50.9 Å². The van der Waals surface area contributed by atoms with E-state index in [1.54, 1.807) is 6.20 Å². The van der Waals surface area contributed by atoms with Gasteiger partial charge in [0, 0.05) is 39.6 Å². The fourth-order valence-electron chi connectivity index (χ4n) is 8.56. The van der Waals surface area contributed by atoms with Crippen LogP contribution in [0.3, 0.4) is 0 Å². The number of fused-ring (bicyclic) bond motifs is 6. The van der Waals surface area contributed by atoms with E-state index in [4.69, 9.17) is 14.5 Å². The molecule has 4 nitrogen and oxygen atoms in total. The lowest BCUT2D eigenvalue weighted by Gasteiger charge is -2.26. The number of rotatable bonds is 5. The van der Waals surface area contributed by atoms with Gasteiger partial charge in [-0.3, -0.25) is 4.98 Å². The average Bonchev–Trinajstić information content (AvgIpc) is 3.57. The third kappa shape index (κ3) is 8.16. The van der Waals surface area contributed by atoms with E-state index in [1.165, 1.54) is 34.2 Å². The van der Waals surface area contributed by atoms with E-state index < -0.39 is 0 Å². The van der Waals surface area contributed by atoms with E-state index in [0.29, 0.717) is 5.75 Å². The molecule has 0 unspecified atom stereocenters. The number of ether oxygens (including phenoxy) is 2. The molecule has 0 bridgehead atoms. The van der Waals surface area contributed by atoms with Crippen LogP contribution >= 0.6 is 0 Å². The van der Waals surface area contributed by atoms with Gasteiger partial charge in [-0.25, -0.2) is 4.98 Å². The van der Waals surface area contributed by atoms with Crippen LogP contribution in [0.5, 0.6) is 23.0 Å². The maximum Gasteiger partial charge on any atom is 0.178 e. The summed E-state index contributed by atoms with van der Waals surface area (Å²) in [4.78, 5) is 9.25. The standard InChI is InChI=1S/C50H35NO2.C6H7N.C3H8/c1-50(2)41-25-12-11-23-40(41)47-42(50)27-28-46-49(47)53-48-39(24-14-26-45(48)52-46)34-19-13-20-35(29-34)44-31-36(30-43(51-44)33-17-7-4-8-18-33)38-22-10-9-21-37(38)32-15-5-3-6-16-32;1-6-4-2-3-5-7-6;1-3-2/h3-31H,1-2H3;2-5H,1H3;3H2,1-2H3. The average molecular weight is 819 g/mol. The van der Waals surface area contributed by atoms with E-state index in [0.717, 1.165) is 73.3 Å². The molecule has 2 aliphatic rings. The zero-order valence-electron chi connectivity index (χ0n) is 36.5. The number of hydrogen-bond acceptors (Lipinski definition) is 4. The molecule has 1 aliphatic carbocycles. The van der Waals surface area contributed by atoms with Crippen molar-refractivity contribution in [3.63, 3.8) is 0 Å². The van der Waals surface area contributed by atoms with Crippen LogP contribution in [0.4, 0.5) is 0 Å². The molecule has 0 fully saturated rings. The van der Waals surface area contributed by atoms with E-state index >= 15 is 0 Å². The molecule has 4 heteroatoms. The molecule has 0 N–H and O–H groups in total. The van der Waals surface area contributed by atoms with Crippen molar-refractivity contribution in [3.8, 4) is 90.0 Å². The van der Waals surface area contributed by atoms with Crippen molar-refractivity contribution in [1.29, 1.82) is 0 Å². The van der Waals surface area contributed by atoms with Crippen LogP contribution in [0.2, 0.25) is 0 Å². The molecule has 63 heavy (non-hydrogen) atoms. The Morgan fingerprint density at radius 1 is 0.429 bits per heavy atom. The first-order chi connectivity index (χ1) is 30.8. The van der Waals surface area contributed by atoms with Crippen molar-refractivity contribution in [2.45, 2.75) is 46.5 Å². The van der Waals surface area contributed by atoms with Crippen molar-refractivity contribution in [2.24, 2.45) is 0 Å². The Kier molecular flexibility index (Phi) is 11.5. The van der Waals surface area contributed by atoms with Crippen molar-refractivity contribution < 1.29 is 9.47 Å². The molecule has 0 atom stereocenters. The molecule has 0 saturated carbocycles. The smallest absolute Gasteiger partial charge is 0.178 e. The minimum atomic E-state index is -0.139. The molecule has 7 aromatic carbocycles. The highest BCUT2D eigenvalue weighted by Crippen LogP contribution is 2.59. The zero-order chi connectivity index (χ0) is 43.3. The Labute approximate surface area is 371 Å². The Bertz CT molecular complexity index is 3030. The summed E-state index contributed by atoms with van der Waals surface area (Å²) in [6, 6.07) is 67.5. The molecule has 11 rings (SSSR count). The Morgan fingerprint density at radius 2 is 0.984 bits per heavy atom. The van der Waals surface area contributed by atoms with Gasteiger partial charge in [-0.2, -0.15) is 0 Å². The third-order valence-corrected chi connectivity index (χ3v) is 11.6. The van der Waals surface area contributed by atoms with Gasteiger partial charge >= 0.3 is 0 Å². The summed E-state index contributed by atoms with van der Waals surface area (Å²) in [5, 5.41) is 0. The molecule has 0 saturated heterocycles. The predicted octanol–water partition coefficient (Wildman–Crippen LogP) is 16.4. The summed E-state index contributed by atoms with van der Waals surface area (Å²) in [5.74, 6) is 2.93. The first kappa shape index (κ1) is 40.8. The van der Waals surface area contributed by atoms with Crippen molar-refractivity contribution in [3.05, 3.63) is 217 Å². The summed E-state index contributed by atoms with van der Waals surface area (Å²) in [6.07, 6.45) is 3.04. The number of aryl methyl sites for hydroxylation is 1. The highest BCUT2D eigenvalue weighted by molar-refractivity contribution is 5.90. The minimum Gasteiger partial charge on any atom is -0.449 e. The second-order valence-corrected chi connectivity index (χ2v) is 16.5. The monoisotopic (exact) mass is 818 g/mol. The first-order valence-corrected chi connectivity index (χ1v) is 21.8. The topological polar surface area (TPSA) is 44.2 Å². The maximum atomic E-state index is 6.97. The predicted molar refractivity (Wildman–Crippen MR) is 261 cm³/mol. The van der Waals surface area contributed by atoms with Crippen molar-refractivity contribution >= 4 is 0 Å². The lowest BCUT2D eigenvalue weighted by atomic mass is 9.82. The summed E-state index contributed by atoms with van der Waals surface area (Å²) < 4.78 is 13.6. The van der Waals surface area contributed by atoms with Gasteiger partial charge in [0.2, 0.25) is 0 Å². The molecule has 1 aliphatic heterocycles. The number of benzene rings is 7. The fraction of sp³-hybridized carbons (Fsp3) is 0.119. The van der Waals surface area contributed by atoms with Gasteiger partial charge in [0.25, 0.3) is 0 Å². The molecular formula is C59H50N2O2. The van der Waals surface area contributed by atoms with E-state index in [2.05, 4.69) is 190 Å². The first-order valence-electron chi connectivity index (χ1n) is 21.8. The number of hydrogen-bond donors (Lipinski definition) is 0. The minimum absolute atomic E-state index is 0.139. The molecule has 0 amide bonds. The number of aromatic nitrogens is 2. The van der Waals surface area contributed by atoms with Gasteiger partial charge in [-0.15, -0.1) is 0 Å². The zero-order valence-corrected chi connectivity index (χ0v) is 36.5. The summed E-state index contributed by atoms with van der Waals surface area (Å²) >= 11 is 0. The summed E-state index contributed by atoms with van der Waals surface area (Å²) in [5.41, 5.74) is 16.3. The van der Waals surface area contributed by atoms with Crippen LogP contribution < -0.4 is 9.47 Å². The lowest BCUT2D eigenvalue weighted by Crippen LogP contribution is -2.15. The molecule has 2 aromatic heterocycles. The number of para-hydroxylation sites is 1. The highest BCUT2D eigenvalue weighted by atomic mass is 16.6. The molecule has 0 spiro atoms. The van der Waals surface area contributed by atoms with Crippen molar-refractivity contribution in [2.75, 3.05) is 0 Å². The SMILES string of the molecule is CC1(C)c2ccccc2-c2c1ccc1c2Oc2c(cccc2-c2cccc(-c3cc(-c4ccccc4-c4ccccc4)cc(-c4ccccc4)n3)c2)O1.CCC.Cc1ccccn1. The molecule has 0 radical (unpaired) electrons. The Hall–Kier alpha value is -7.56. The van der Waals surface area contributed by atoms with Crippen molar-refractivity contribution in [1.82, 2.24) is 9.97 Å². The second-order valence-electron chi connectivity index (χ2n) is 16.5. The van der Waals surface area contributed by atoms with Gasteiger partial charge in [0.15, 0.2) is 23.0 Å². The molecule has 3 heterocycles. The molecule has 9 aromatic rings. The highest BCUT2D eigenvalue weighted by Gasteiger charge is 2.39.